The van der Waals surface area contributed by atoms with E-state index in [1.807, 2.05) is 19.1 Å². The van der Waals surface area contributed by atoms with E-state index in [2.05, 4.69) is 9.36 Å². The normalized spacial score (nSPS) is 12.3. The van der Waals surface area contributed by atoms with E-state index in [-0.39, 0.29) is 0 Å². The van der Waals surface area contributed by atoms with Gasteiger partial charge >= 0.3 is 5.97 Å². The molecule has 2 rings (SSSR count). The lowest BCUT2D eigenvalue weighted by Crippen LogP contribution is -2.14. The Labute approximate surface area is 126 Å². The van der Waals surface area contributed by atoms with Crippen LogP contribution in [0, 0.1) is 0 Å². The van der Waals surface area contributed by atoms with Gasteiger partial charge in [0.1, 0.15) is 16.7 Å². The van der Waals surface area contributed by atoms with Crippen LogP contribution in [-0.4, -0.2) is 20.4 Å². The van der Waals surface area contributed by atoms with Crippen LogP contribution in [0.3, 0.4) is 0 Å². The number of hydrogen-bond acceptors (Lipinski definition) is 4. The monoisotopic (exact) mass is 310 g/mol. The summed E-state index contributed by atoms with van der Waals surface area (Å²) in [5.41, 5.74) is 0.925. The highest BCUT2D eigenvalue weighted by molar-refractivity contribution is 7.05. The predicted octanol–water partition coefficient (Wildman–Crippen LogP) is 3.55. The molecule has 106 valence electrons. The molecule has 0 aliphatic carbocycles. The summed E-state index contributed by atoms with van der Waals surface area (Å²) in [4.78, 5) is 15.8. The highest BCUT2D eigenvalue weighted by Gasteiger charge is 2.24. The SMILES string of the molecule is CCCc1nsc(C(Cc2ccc(Cl)cc2)C(=O)O)n1. The molecule has 6 heteroatoms. The van der Waals surface area contributed by atoms with Crippen LogP contribution in [0.15, 0.2) is 24.3 Å². The minimum absolute atomic E-state index is 0.396. The molecule has 1 aromatic carbocycles. The number of aromatic nitrogens is 2. The summed E-state index contributed by atoms with van der Waals surface area (Å²) in [5.74, 6) is -0.798. The summed E-state index contributed by atoms with van der Waals surface area (Å²) in [6.07, 6.45) is 2.13. The fraction of sp³-hybridized carbons (Fsp3) is 0.357. The van der Waals surface area contributed by atoms with Gasteiger partial charge in [0.25, 0.3) is 0 Å². The van der Waals surface area contributed by atoms with Crippen LogP contribution in [0.4, 0.5) is 0 Å². The highest BCUT2D eigenvalue weighted by Crippen LogP contribution is 2.24. The van der Waals surface area contributed by atoms with Crippen molar-refractivity contribution in [1.82, 2.24) is 9.36 Å². The molecule has 2 aromatic rings. The van der Waals surface area contributed by atoms with Crippen molar-refractivity contribution in [3.63, 3.8) is 0 Å². The number of carbonyl (C=O) groups is 1. The Morgan fingerprint density at radius 2 is 2.10 bits per heavy atom. The van der Waals surface area contributed by atoms with Crippen LogP contribution in [0.1, 0.15) is 35.7 Å². The average molecular weight is 311 g/mol. The molecule has 4 nitrogen and oxygen atoms in total. The second-order valence-corrected chi connectivity index (χ2v) is 5.74. The van der Waals surface area contributed by atoms with Crippen molar-refractivity contribution in [3.8, 4) is 0 Å². The summed E-state index contributed by atoms with van der Waals surface area (Å²) in [6, 6.07) is 7.20. The van der Waals surface area contributed by atoms with Gasteiger partial charge in [0.15, 0.2) is 0 Å². The third-order valence-corrected chi connectivity index (χ3v) is 4.02. The number of hydrogen-bond donors (Lipinski definition) is 1. The van der Waals surface area contributed by atoms with Gasteiger partial charge in [0, 0.05) is 11.4 Å². The van der Waals surface area contributed by atoms with Gasteiger partial charge in [-0.15, -0.1) is 0 Å². The number of nitrogens with zero attached hydrogens (tertiary/aromatic N) is 2. The van der Waals surface area contributed by atoms with Gasteiger partial charge < -0.3 is 5.11 Å². The largest absolute Gasteiger partial charge is 0.481 e. The summed E-state index contributed by atoms with van der Waals surface area (Å²) in [7, 11) is 0. The van der Waals surface area contributed by atoms with Crippen molar-refractivity contribution in [2.24, 2.45) is 0 Å². The lowest BCUT2D eigenvalue weighted by atomic mass is 10.00. The standard InChI is InChI=1S/C14H15ClN2O2S/c1-2-3-12-16-13(20-17-12)11(14(18)19)8-9-4-6-10(15)7-5-9/h4-7,11H,2-3,8H2,1H3,(H,18,19). The highest BCUT2D eigenvalue weighted by atomic mass is 35.5. The molecule has 0 bridgehead atoms. The van der Waals surface area contributed by atoms with Crippen molar-refractivity contribution in [2.75, 3.05) is 0 Å². The lowest BCUT2D eigenvalue weighted by Gasteiger charge is -2.09. The van der Waals surface area contributed by atoms with E-state index in [4.69, 9.17) is 11.6 Å². The van der Waals surface area contributed by atoms with Crippen molar-refractivity contribution < 1.29 is 9.90 Å². The van der Waals surface area contributed by atoms with E-state index < -0.39 is 11.9 Å². The summed E-state index contributed by atoms with van der Waals surface area (Å²) >= 11 is 7.01. The van der Waals surface area contributed by atoms with Gasteiger partial charge in [0.05, 0.1) is 0 Å². The first kappa shape index (κ1) is 14.9. The first-order valence-corrected chi connectivity index (χ1v) is 7.55. The molecule has 0 saturated carbocycles. The van der Waals surface area contributed by atoms with Gasteiger partial charge in [-0.05, 0) is 42.1 Å². The molecule has 1 N–H and O–H groups in total. The fourth-order valence-electron chi connectivity index (χ4n) is 1.87. The Balaban J connectivity index is 2.17. The van der Waals surface area contributed by atoms with Crippen LogP contribution < -0.4 is 0 Å². The van der Waals surface area contributed by atoms with Crippen molar-refractivity contribution in [3.05, 3.63) is 45.7 Å². The van der Waals surface area contributed by atoms with Crippen LogP contribution in [0.25, 0.3) is 0 Å². The zero-order chi connectivity index (χ0) is 14.5. The molecule has 20 heavy (non-hydrogen) atoms. The van der Waals surface area contributed by atoms with Crippen LogP contribution >= 0.6 is 23.1 Å². The zero-order valence-electron chi connectivity index (χ0n) is 11.0. The number of halogens is 1. The van der Waals surface area contributed by atoms with Crippen molar-refractivity contribution in [2.45, 2.75) is 32.1 Å². The molecule has 1 atom stereocenters. The zero-order valence-corrected chi connectivity index (χ0v) is 12.6. The van der Waals surface area contributed by atoms with E-state index in [1.54, 1.807) is 12.1 Å². The number of rotatable bonds is 6. The lowest BCUT2D eigenvalue weighted by molar-refractivity contribution is -0.138. The first-order chi connectivity index (χ1) is 9.60. The van der Waals surface area contributed by atoms with E-state index in [9.17, 15) is 9.90 Å². The summed E-state index contributed by atoms with van der Waals surface area (Å²) in [5, 5.41) is 10.6. The molecule has 1 heterocycles. The quantitative estimate of drug-likeness (QED) is 0.886. The van der Waals surface area contributed by atoms with E-state index >= 15 is 0 Å². The van der Waals surface area contributed by atoms with Crippen molar-refractivity contribution in [1.29, 1.82) is 0 Å². The van der Waals surface area contributed by atoms with Gasteiger partial charge in [-0.2, -0.15) is 4.37 Å². The predicted molar refractivity (Wildman–Crippen MR) is 79.4 cm³/mol. The smallest absolute Gasteiger partial charge is 0.313 e. The van der Waals surface area contributed by atoms with Crippen molar-refractivity contribution >= 4 is 29.1 Å². The van der Waals surface area contributed by atoms with E-state index in [0.717, 1.165) is 24.2 Å². The second-order valence-electron chi connectivity index (χ2n) is 4.52. The molecule has 0 radical (unpaired) electrons. The molecule has 1 aromatic heterocycles. The Morgan fingerprint density at radius 1 is 1.40 bits per heavy atom. The third kappa shape index (κ3) is 3.77. The summed E-state index contributed by atoms with van der Waals surface area (Å²) in [6.45, 7) is 2.04. The Bertz CT molecular complexity index is 583. The Morgan fingerprint density at radius 3 is 2.70 bits per heavy atom. The molecule has 0 saturated heterocycles. The van der Waals surface area contributed by atoms with Gasteiger partial charge in [-0.25, -0.2) is 4.98 Å². The molecule has 0 aliphatic rings. The van der Waals surface area contributed by atoms with Gasteiger partial charge in [-0.3, -0.25) is 4.79 Å². The molecule has 0 aliphatic heterocycles. The Hall–Kier alpha value is -1.46. The maximum absolute atomic E-state index is 11.5. The first-order valence-electron chi connectivity index (χ1n) is 6.40. The van der Waals surface area contributed by atoms with Crippen LogP contribution in [-0.2, 0) is 17.6 Å². The van der Waals surface area contributed by atoms with Crippen LogP contribution in [0.2, 0.25) is 5.02 Å². The molecule has 0 spiro atoms. The molecular weight excluding hydrogens is 296 g/mol. The molecule has 0 fully saturated rings. The minimum atomic E-state index is -0.876. The maximum atomic E-state index is 11.5. The average Bonchev–Trinajstić information content (AvgIpc) is 2.86. The minimum Gasteiger partial charge on any atom is -0.481 e. The number of aliphatic carboxylic acids is 1. The number of carboxylic acid groups (broad SMARTS) is 1. The fourth-order valence-corrected chi connectivity index (χ4v) is 2.79. The van der Waals surface area contributed by atoms with Gasteiger partial charge in [-0.1, -0.05) is 30.7 Å². The molecular formula is C14H15ClN2O2S. The van der Waals surface area contributed by atoms with E-state index in [0.29, 0.717) is 16.5 Å². The maximum Gasteiger partial charge on any atom is 0.313 e. The number of benzene rings is 1. The molecule has 1 unspecified atom stereocenters. The Kier molecular flexibility index (Phi) is 5.09. The second kappa shape index (κ2) is 6.81. The van der Waals surface area contributed by atoms with Crippen LogP contribution in [0.5, 0.6) is 0 Å². The third-order valence-electron chi connectivity index (χ3n) is 2.91. The number of carboxylic acids is 1. The van der Waals surface area contributed by atoms with E-state index in [1.165, 1.54) is 11.5 Å². The topological polar surface area (TPSA) is 63.1 Å². The number of aryl methyl sites for hydroxylation is 1. The summed E-state index contributed by atoms with van der Waals surface area (Å²) < 4.78 is 4.21. The molecule has 0 amide bonds. The van der Waals surface area contributed by atoms with Gasteiger partial charge in [0.2, 0.25) is 0 Å².